The zero-order chi connectivity index (χ0) is 22.2. The first-order chi connectivity index (χ1) is 15.0. The summed E-state index contributed by atoms with van der Waals surface area (Å²) in [5.41, 5.74) is 4.75. The Bertz CT molecular complexity index is 1090. The van der Waals surface area contributed by atoms with E-state index in [4.69, 9.17) is 21.1 Å². The molecule has 1 N–H and O–H groups in total. The van der Waals surface area contributed by atoms with Gasteiger partial charge in [0.25, 0.3) is 5.91 Å². The van der Waals surface area contributed by atoms with E-state index in [0.717, 1.165) is 11.1 Å². The number of hydrazone groups is 1. The standard InChI is InChI=1S/C23H19Br2ClN2O3/c1-2-30-21-12-16(13-27-28-23(29)18-5-3-4-6-19(18)24)11-20(25)22(21)31-14-15-7-9-17(26)10-8-15/h3-13H,2,14H2,1H3,(H,28,29)/b27-13+. The van der Waals surface area contributed by atoms with Gasteiger partial charge in [0.05, 0.1) is 22.9 Å². The largest absolute Gasteiger partial charge is 0.490 e. The van der Waals surface area contributed by atoms with Gasteiger partial charge in [-0.05, 0) is 86.3 Å². The first-order valence-corrected chi connectivity index (χ1v) is 11.4. The third-order valence-corrected chi connectivity index (χ3v) is 5.66. The van der Waals surface area contributed by atoms with Crippen molar-refractivity contribution in [2.45, 2.75) is 13.5 Å². The SMILES string of the molecule is CCOc1cc(/C=N/NC(=O)c2ccccc2Br)cc(Br)c1OCc1ccc(Cl)cc1. The van der Waals surface area contributed by atoms with Crippen LogP contribution in [0.3, 0.4) is 0 Å². The third-order valence-electron chi connectivity index (χ3n) is 4.13. The van der Waals surface area contributed by atoms with E-state index in [1.165, 1.54) is 0 Å². The second-order valence-electron chi connectivity index (χ2n) is 6.36. The highest BCUT2D eigenvalue weighted by Gasteiger charge is 2.13. The second kappa shape index (κ2) is 11.3. The van der Waals surface area contributed by atoms with Gasteiger partial charge in [0.15, 0.2) is 11.5 Å². The highest BCUT2D eigenvalue weighted by molar-refractivity contribution is 9.10. The Morgan fingerprint density at radius 1 is 1.06 bits per heavy atom. The van der Waals surface area contributed by atoms with Crippen molar-refractivity contribution < 1.29 is 14.3 Å². The second-order valence-corrected chi connectivity index (χ2v) is 8.50. The maximum absolute atomic E-state index is 12.3. The lowest BCUT2D eigenvalue weighted by molar-refractivity contribution is 0.0954. The normalized spacial score (nSPS) is 10.8. The van der Waals surface area contributed by atoms with Gasteiger partial charge in [0, 0.05) is 9.50 Å². The molecule has 0 bridgehead atoms. The van der Waals surface area contributed by atoms with Crippen LogP contribution in [0.5, 0.6) is 11.5 Å². The number of halogens is 3. The topological polar surface area (TPSA) is 59.9 Å². The Morgan fingerprint density at radius 2 is 1.81 bits per heavy atom. The Balaban J connectivity index is 1.73. The summed E-state index contributed by atoms with van der Waals surface area (Å²) in [6.07, 6.45) is 1.55. The van der Waals surface area contributed by atoms with Crippen molar-refractivity contribution in [2.75, 3.05) is 6.61 Å². The van der Waals surface area contributed by atoms with Gasteiger partial charge >= 0.3 is 0 Å². The summed E-state index contributed by atoms with van der Waals surface area (Å²) in [6, 6.07) is 18.2. The van der Waals surface area contributed by atoms with Crippen molar-refractivity contribution in [3.8, 4) is 11.5 Å². The third kappa shape index (κ3) is 6.56. The number of carbonyl (C=O) groups excluding carboxylic acids is 1. The number of hydrogen-bond acceptors (Lipinski definition) is 4. The highest BCUT2D eigenvalue weighted by atomic mass is 79.9. The molecule has 0 aliphatic carbocycles. The van der Waals surface area contributed by atoms with Crippen LogP contribution >= 0.6 is 43.5 Å². The zero-order valence-corrected chi connectivity index (χ0v) is 20.5. The van der Waals surface area contributed by atoms with Crippen molar-refractivity contribution in [3.05, 3.63) is 91.3 Å². The average molecular weight is 567 g/mol. The molecule has 1 amide bonds. The van der Waals surface area contributed by atoms with Gasteiger partial charge in [-0.3, -0.25) is 4.79 Å². The van der Waals surface area contributed by atoms with Crippen molar-refractivity contribution in [1.82, 2.24) is 5.43 Å². The van der Waals surface area contributed by atoms with Gasteiger partial charge in [-0.15, -0.1) is 0 Å². The molecule has 3 aromatic rings. The molecule has 0 fully saturated rings. The Hall–Kier alpha value is -2.35. The van der Waals surface area contributed by atoms with Gasteiger partial charge in [-0.1, -0.05) is 35.9 Å². The van der Waals surface area contributed by atoms with E-state index in [9.17, 15) is 4.79 Å². The van der Waals surface area contributed by atoms with E-state index in [2.05, 4.69) is 42.4 Å². The first kappa shape index (κ1) is 23.3. The minimum absolute atomic E-state index is 0.309. The molecule has 0 aliphatic heterocycles. The number of ether oxygens (including phenoxy) is 2. The predicted molar refractivity (Wildman–Crippen MR) is 130 cm³/mol. The summed E-state index contributed by atoms with van der Waals surface area (Å²) in [4.78, 5) is 12.3. The van der Waals surface area contributed by atoms with Gasteiger partial charge in [-0.25, -0.2) is 5.43 Å². The highest BCUT2D eigenvalue weighted by Crippen LogP contribution is 2.37. The van der Waals surface area contributed by atoms with Crippen molar-refractivity contribution in [1.29, 1.82) is 0 Å². The lowest BCUT2D eigenvalue weighted by Gasteiger charge is -2.14. The Labute approximate surface area is 202 Å². The molecule has 3 aromatic carbocycles. The smallest absolute Gasteiger partial charge is 0.272 e. The molecule has 3 rings (SSSR count). The van der Waals surface area contributed by atoms with E-state index < -0.39 is 0 Å². The van der Waals surface area contributed by atoms with Crippen LogP contribution in [-0.4, -0.2) is 18.7 Å². The Kier molecular flexibility index (Phi) is 8.51. The van der Waals surface area contributed by atoms with Crippen LogP contribution in [0.1, 0.15) is 28.4 Å². The summed E-state index contributed by atoms with van der Waals surface area (Å²) in [5.74, 6) is 0.853. The van der Waals surface area contributed by atoms with Crippen LogP contribution < -0.4 is 14.9 Å². The summed E-state index contributed by atoms with van der Waals surface area (Å²) in [7, 11) is 0. The molecule has 0 aliphatic rings. The van der Waals surface area contributed by atoms with Crippen molar-refractivity contribution >= 4 is 55.6 Å². The van der Waals surface area contributed by atoms with Crippen LogP contribution in [0.15, 0.2) is 74.7 Å². The zero-order valence-electron chi connectivity index (χ0n) is 16.6. The van der Waals surface area contributed by atoms with Crippen LogP contribution in [-0.2, 0) is 6.61 Å². The van der Waals surface area contributed by atoms with Gasteiger partial charge in [-0.2, -0.15) is 5.10 Å². The number of rotatable bonds is 8. The lowest BCUT2D eigenvalue weighted by Crippen LogP contribution is -2.18. The molecular formula is C23H19Br2ClN2O3. The average Bonchev–Trinajstić information content (AvgIpc) is 2.75. The molecule has 160 valence electrons. The van der Waals surface area contributed by atoms with E-state index in [-0.39, 0.29) is 5.91 Å². The van der Waals surface area contributed by atoms with Crippen LogP contribution in [0.4, 0.5) is 0 Å². The number of benzene rings is 3. The number of amides is 1. The van der Waals surface area contributed by atoms with E-state index in [1.54, 1.807) is 30.5 Å². The molecule has 31 heavy (non-hydrogen) atoms. The van der Waals surface area contributed by atoms with Crippen molar-refractivity contribution in [2.24, 2.45) is 5.10 Å². The predicted octanol–water partition coefficient (Wildman–Crippen LogP) is 6.61. The molecule has 8 heteroatoms. The lowest BCUT2D eigenvalue weighted by atomic mass is 10.2. The minimum atomic E-state index is -0.309. The number of nitrogens with zero attached hydrogens (tertiary/aromatic N) is 1. The van der Waals surface area contributed by atoms with Crippen LogP contribution in [0.25, 0.3) is 0 Å². The van der Waals surface area contributed by atoms with E-state index in [0.29, 0.717) is 44.2 Å². The van der Waals surface area contributed by atoms with Gasteiger partial charge in [0.1, 0.15) is 6.61 Å². The maximum atomic E-state index is 12.3. The number of hydrogen-bond donors (Lipinski definition) is 1. The molecule has 0 unspecified atom stereocenters. The molecular weight excluding hydrogens is 548 g/mol. The fourth-order valence-corrected chi connectivity index (χ4v) is 3.84. The summed E-state index contributed by atoms with van der Waals surface area (Å²) >= 11 is 12.8. The molecule has 0 atom stereocenters. The molecule has 0 saturated carbocycles. The van der Waals surface area contributed by atoms with E-state index >= 15 is 0 Å². The minimum Gasteiger partial charge on any atom is -0.490 e. The van der Waals surface area contributed by atoms with Crippen LogP contribution in [0.2, 0.25) is 5.02 Å². The molecule has 0 saturated heterocycles. The van der Waals surface area contributed by atoms with E-state index in [1.807, 2.05) is 43.3 Å². The summed E-state index contributed by atoms with van der Waals surface area (Å²) in [5, 5.41) is 4.73. The maximum Gasteiger partial charge on any atom is 0.272 e. The van der Waals surface area contributed by atoms with Crippen molar-refractivity contribution in [3.63, 3.8) is 0 Å². The molecule has 5 nitrogen and oxygen atoms in total. The monoisotopic (exact) mass is 564 g/mol. The fourth-order valence-electron chi connectivity index (χ4n) is 2.67. The Morgan fingerprint density at radius 3 is 2.52 bits per heavy atom. The van der Waals surface area contributed by atoms with Gasteiger partial charge in [0.2, 0.25) is 0 Å². The first-order valence-electron chi connectivity index (χ1n) is 9.39. The molecule has 0 aromatic heterocycles. The van der Waals surface area contributed by atoms with Gasteiger partial charge < -0.3 is 9.47 Å². The summed E-state index contributed by atoms with van der Waals surface area (Å²) in [6.45, 7) is 2.74. The summed E-state index contributed by atoms with van der Waals surface area (Å²) < 4.78 is 13.1. The molecule has 0 radical (unpaired) electrons. The number of nitrogens with one attached hydrogen (secondary N) is 1. The number of carbonyl (C=O) groups is 1. The molecule has 0 spiro atoms. The van der Waals surface area contributed by atoms with Crippen LogP contribution in [0, 0.1) is 0 Å². The molecule has 0 heterocycles. The quantitative estimate of drug-likeness (QED) is 0.247. The fraction of sp³-hybridized carbons (Fsp3) is 0.130.